The van der Waals surface area contributed by atoms with Crippen LogP contribution in [0.25, 0.3) is 0 Å². The average molecular weight is 200 g/mol. The maximum atomic E-state index is 11.4. The Morgan fingerprint density at radius 2 is 2.14 bits per heavy atom. The van der Waals surface area contributed by atoms with E-state index in [2.05, 4.69) is 10.2 Å². The Morgan fingerprint density at radius 1 is 1.50 bits per heavy atom. The van der Waals surface area contributed by atoms with Crippen LogP contribution in [0.3, 0.4) is 0 Å². The zero-order valence-corrected chi connectivity index (χ0v) is 9.08. The molecule has 1 heterocycles. The SMILES string of the molecule is CCC(C)OC(=O)CN1CCNCC1. The quantitative estimate of drug-likeness (QED) is 0.660. The Balaban J connectivity index is 2.18. The first-order chi connectivity index (χ1) is 6.72. The molecular formula is C10H20N2O2. The lowest BCUT2D eigenvalue weighted by molar-refractivity contribution is -0.149. The molecule has 0 bridgehead atoms. The van der Waals surface area contributed by atoms with Crippen molar-refractivity contribution < 1.29 is 9.53 Å². The molecule has 1 rings (SSSR count). The van der Waals surface area contributed by atoms with Gasteiger partial charge in [0.25, 0.3) is 0 Å². The smallest absolute Gasteiger partial charge is 0.320 e. The third kappa shape index (κ3) is 4.07. The molecule has 0 radical (unpaired) electrons. The van der Waals surface area contributed by atoms with Gasteiger partial charge in [-0.2, -0.15) is 0 Å². The monoisotopic (exact) mass is 200 g/mol. The summed E-state index contributed by atoms with van der Waals surface area (Å²) in [6, 6.07) is 0. The van der Waals surface area contributed by atoms with Crippen LogP contribution in [0.1, 0.15) is 20.3 Å². The summed E-state index contributed by atoms with van der Waals surface area (Å²) < 4.78 is 5.20. The summed E-state index contributed by atoms with van der Waals surface area (Å²) in [7, 11) is 0. The van der Waals surface area contributed by atoms with Crippen LogP contribution < -0.4 is 5.32 Å². The van der Waals surface area contributed by atoms with Crippen LogP contribution in [-0.4, -0.2) is 49.7 Å². The predicted octanol–water partition coefficient (Wildman–Crippen LogP) is 0.233. The third-order valence-corrected chi connectivity index (χ3v) is 2.47. The first-order valence-corrected chi connectivity index (χ1v) is 5.35. The molecule has 0 amide bonds. The molecule has 1 N–H and O–H groups in total. The van der Waals surface area contributed by atoms with Crippen molar-refractivity contribution in [2.24, 2.45) is 0 Å². The molecule has 0 aliphatic carbocycles. The van der Waals surface area contributed by atoms with Gasteiger partial charge < -0.3 is 10.1 Å². The Bertz CT molecular complexity index is 179. The molecule has 0 spiro atoms. The Hall–Kier alpha value is -0.610. The van der Waals surface area contributed by atoms with Crippen molar-refractivity contribution in [2.45, 2.75) is 26.4 Å². The first-order valence-electron chi connectivity index (χ1n) is 5.35. The highest BCUT2D eigenvalue weighted by atomic mass is 16.5. The summed E-state index contributed by atoms with van der Waals surface area (Å²) in [5, 5.41) is 3.25. The highest BCUT2D eigenvalue weighted by Gasteiger charge is 2.15. The second kappa shape index (κ2) is 5.98. The highest BCUT2D eigenvalue weighted by Crippen LogP contribution is 1.99. The number of esters is 1. The van der Waals surface area contributed by atoms with Crippen molar-refractivity contribution in [3.05, 3.63) is 0 Å². The molecular weight excluding hydrogens is 180 g/mol. The van der Waals surface area contributed by atoms with Gasteiger partial charge in [0, 0.05) is 26.2 Å². The van der Waals surface area contributed by atoms with Crippen LogP contribution in [0.4, 0.5) is 0 Å². The number of ether oxygens (including phenoxy) is 1. The molecule has 1 fully saturated rings. The second-order valence-corrected chi connectivity index (χ2v) is 3.73. The topological polar surface area (TPSA) is 41.6 Å². The van der Waals surface area contributed by atoms with Crippen LogP contribution in [0.5, 0.6) is 0 Å². The summed E-state index contributed by atoms with van der Waals surface area (Å²) in [6.07, 6.45) is 0.929. The summed E-state index contributed by atoms with van der Waals surface area (Å²) in [4.78, 5) is 13.5. The minimum absolute atomic E-state index is 0.0467. The number of carbonyl (C=O) groups is 1. The van der Waals surface area contributed by atoms with Gasteiger partial charge in [-0.05, 0) is 13.3 Å². The fourth-order valence-electron chi connectivity index (χ4n) is 1.40. The van der Waals surface area contributed by atoms with Crippen molar-refractivity contribution in [1.29, 1.82) is 0 Å². The molecule has 0 aromatic heterocycles. The molecule has 0 aromatic carbocycles. The van der Waals surface area contributed by atoms with Gasteiger partial charge >= 0.3 is 5.97 Å². The Kier molecular flexibility index (Phi) is 4.90. The Labute approximate surface area is 85.6 Å². The van der Waals surface area contributed by atoms with Gasteiger partial charge in [-0.25, -0.2) is 0 Å². The van der Waals surface area contributed by atoms with E-state index in [1.165, 1.54) is 0 Å². The maximum Gasteiger partial charge on any atom is 0.320 e. The number of hydrogen-bond acceptors (Lipinski definition) is 4. The van der Waals surface area contributed by atoms with Gasteiger partial charge in [-0.3, -0.25) is 9.69 Å². The fourth-order valence-corrected chi connectivity index (χ4v) is 1.40. The van der Waals surface area contributed by atoms with Crippen molar-refractivity contribution in [1.82, 2.24) is 10.2 Å². The normalized spacial score (nSPS) is 20.4. The summed E-state index contributed by atoms with van der Waals surface area (Å²) >= 11 is 0. The molecule has 4 nitrogen and oxygen atoms in total. The zero-order chi connectivity index (χ0) is 10.4. The average Bonchev–Trinajstić information content (AvgIpc) is 2.19. The van der Waals surface area contributed by atoms with E-state index in [4.69, 9.17) is 4.74 Å². The van der Waals surface area contributed by atoms with Gasteiger partial charge in [0.05, 0.1) is 12.6 Å². The largest absolute Gasteiger partial charge is 0.462 e. The maximum absolute atomic E-state index is 11.4. The number of nitrogens with one attached hydrogen (secondary N) is 1. The minimum atomic E-state index is -0.0961. The van der Waals surface area contributed by atoms with E-state index in [0.29, 0.717) is 6.54 Å². The van der Waals surface area contributed by atoms with Crippen LogP contribution in [0, 0.1) is 0 Å². The van der Waals surface area contributed by atoms with E-state index in [1.54, 1.807) is 0 Å². The first kappa shape index (κ1) is 11.5. The number of hydrogen-bond donors (Lipinski definition) is 1. The lowest BCUT2D eigenvalue weighted by atomic mass is 10.3. The van der Waals surface area contributed by atoms with Gasteiger partial charge in [0.2, 0.25) is 0 Å². The number of piperazine rings is 1. The third-order valence-electron chi connectivity index (χ3n) is 2.47. The molecule has 4 heteroatoms. The van der Waals surface area contributed by atoms with Gasteiger partial charge in [0.15, 0.2) is 0 Å². The number of nitrogens with zero attached hydrogens (tertiary/aromatic N) is 1. The molecule has 0 saturated carbocycles. The molecule has 1 unspecified atom stereocenters. The van der Waals surface area contributed by atoms with Crippen LogP contribution >= 0.6 is 0 Å². The molecule has 1 atom stereocenters. The van der Waals surface area contributed by atoms with Gasteiger partial charge in [0.1, 0.15) is 0 Å². The number of carbonyl (C=O) groups excluding carboxylic acids is 1. The molecule has 14 heavy (non-hydrogen) atoms. The fraction of sp³-hybridized carbons (Fsp3) is 0.900. The predicted molar refractivity (Wildman–Crippen MR) is 55.2 cm³/mol. The summed E-state index contributed by atoms with van der Waals surface area (Å²) in [6.45, 7) is 8.20. The summed E-state index contributed by atoms with van der Waals surface area (Å²) in [5.74, 6) is -0.0961. The standard InChI is InChI=1S/C10H20N2O2/c1-3-9(2)14-10(13)8-12-6-4-11-5-7-12/h9,11H,3-8H2,1-2H3. The molecule has 1 aliphatic heterocycles. The van der Waals surface area contributed by atoms with Crippen molar-refractivity contribution >= 4 is 5.97 Å². The molecule has 0 aromatic rings. The molecule has 82 valence electrons. The van der Waals surface area contributed by atoms with Crippen LogP contribution in [0.2, 0.25) is 0 Å². The lowest BCUT2D eigenvalue weighted by Crippen LogP contribution is -2.46. The van der Waals surface area contributed by atoms with Crippen LogP contribution in [0.15, 0.2) is 0 Å². The van der Waals surface area contributed by atoms with Crippen molar-refractivity contribution in [3.8, 4) is 0 Å². The highest BCUT2D eigenvalue weighted by molar-refractivity contribution is 5.71. The van der Waals surface area contributed by atoms with Gasteiger partial charge in [-0.1, -0.05) is 6.92 Å². The van der Waals surface area contributed by atoms with E-state index in [1.807, 2.05) is 13.8 Å². The minimum Gasteiger partial charge on any atom is -0.462 e. The van der Waals surface area contributed by atoms with E-state index in [-0.39, 0.29) is 12.1 Å². The number of rotatable bonds is 4. The Morgan fingerprint density at radius 3 is 2.71 bits per heavy atom. The lowest BCUT2D eigenvalue weighted by Gasteiger charge is -2.26. The zero-order valence-electron chi connectivity index (χ0n) is 9.08. The van der Waals surface area contributed by atoms with E-state index < -0.39 is 0 Å². The summed E-state index contributed by atoms with van der Waals surface area (Å²) in [5.41, 5.74) is 0. The van der Waals surface area contributed by atoms with Gasteiger partial charge in [-0.15, -0.1) is 0 Å². The van der Waals surface area contributed by atoms with E-state index in [0.717, 1.165) is 32.6 Å². The molecule has 1 aliphatic rings. The van der Waals surface area contributed by atoms with E-state index in [9.17, 15) is 4.79 Å². The molecule has 1 saturated heterocycles. The van der Waals surface area contributed by atoms with E-state index >= 15 is 0 Å². The van der Waals surface area contributed by atoms with Crippen molar-refractivity contribution in [2.75, 3.05) is 32.7 Å². The van der Waals surface area contributed by atoms with Crippen LogP contribution in [-0.2, 0) is 9.53 Å². The second-order valence-electron chi connectivity index (χ2n) is 3.73. The van der Waals surface area contributed by atoms with Crippen molar-refractivity contribution in [3.63, 3.8) is 0 Å².